The smallest absolute Gasteiger partial charge is 0.244 e. The lowest BCUT2D eigenvalue weighted by Crippen LogP contribution is -2.24. The van der Waals surface area contributed by atoms with E-state index in [2.05, 4.69) is 4.72 Å². The average molecular weight is 313 g/mol. The third-order valence-corrected chi connectivity index (χ3v) is 4.73. The maximum absolute atomic E-state index is 12.8. The molecule has 2 rings (SSSR count). The van der Waals surface area contributed by atoms with Crippen molar-refractivity contribution in [2.24, 2.45) is 0 Å². The zero-order valence-corrected chi connectivity index (χ0v) is 12.5. The van der Waals surface area contributed by atoms with Gasteiger partial charge in [0.2, 0.25) is 10.0 Å². The Labute approximate surface area is 122 Å². The lowest BCUT2D eigenvalue weighted by molar-refractivity contribution is 0.276. The van der Waals surface area contributed by atoms with Gasteiger partial charge in [0, 0.05) is 12.1 Å². The summed E-state index contributed by atoms with van der Waals surface area (Å²) in [6, 6.07) is 5.52. The average Bonchev–Trinajstić information content (AvgIpc) is 2.73. The maximum Gasteiger partial charge on any atom is 0.244 e. The van der Waals surface area contributed by atoms with Gasteiger partial charge in [0.05, 0.1) is 6.61 Å². The summed E-state index contributed by atoms with van der Waals surface area (Å²) in [7, 11) is -3.82. The highest BCUT2D eigenvalue weighted by atomic mass is 32.2. The number of sulfonamides is 1. The maximum atomic E-state index is 12.8. The molecule has 7 heteroatoms. The van der Waals surface area contributed by atoms with Gasteiger partial charge in [-0.2, -0.15) is 0 Å². The number of benzene rings is 1. The first-order chi connectivity index (χ1) is 9.85. The van der Waals surface area contributed by atoms with Crippen molar-refractivity contribution in [3.8, 4) is 0 Å². The van der Waals surface area contributed by atoms with Gasteiger partial charge >= 0.3 is 0 Å². The van der Waals surface area contributed by atoms with Crippen LogP contribution in [-0.2, 0) is 23.2 Å². The van der Waals surface area contributed by atoms with Crippen LogP contribution >= 0.6 is 0 Å². The molecule has 0 bridgehead atoms. The molecule has 1 heterocycles. The summed E-state index contributed by atoms with van der Waals surface area (Å²) in [5.41, 5.74) is 0.877. The highest BCUT2D eigenvalue weighted by Crippen LogP contribution is 2.26. The van der Waals surface area contributed by atoms with Gasteiger partial charge in [0.15, 0.2) is 0 Å². The number of hydrogen-bond donors (Lipinski definition) is 2. The van der Waals surface area contributed by atoms with E-state index in [4.69, 9.17) is 4.42 Å². The number of aliphatic hydroxyl groups is 1. The van der Waals surface area contributed by atoms with Crippen LogP contribution in [0.4, 0.5) is 4.39 Å². The van der Waals surface area contributed by atoms with Crippen molar-refractivity contribution in [3.63, 3.8) is 0 Å². The van der Waals surface area contributed by atoms with Crippen molar-refractivity contribution in [2.45, 2.75) is 31.9 Å². The largest absolute Gasteiger partial charge is 0.465 e. The van der Waals surface area contributed by atoms with E-state index >= 15 is 0 Å². The minimum Gasteiger partial charge on any atom is -0.465 e. The first-order valence-corrected chi connectivity index (χ1v) is 7.77. The molecule has 114 valence electrons. The topological polar surface area (TPSA) is 79.5 Å². The molecular weight excluding hydrogens is 297 g/mol. The molecule has 0 aliphatic rings. The Hall–Kier alpha value is -1.70. The molecular formula is C14H16FNO4S. The van der Waals surface area contributed by atoms with E-state index < -0.39 is 16.6 Å². The Morgan fingerprint density at radius 2 is 1.81 bits per heavy atom. The van der Waals surface area contributed by atoms with Crippen LogP contribution in [0, 0.1) is 19.7 Å². The summed E-state index contributed by atoms with van der Waals surface area (Å²) in [4.78, 5) is -0.0374. The van der Waals surface area contributed by atoms with Crippen molar-refractivity contribution in [1.29, 1.82) is 0 Å². The Bertz CT molecular complexity index is 735. The molecule has 0 radical (unpaired) electrons. The highest BCUT2D eigenvalue weighted by Gasteiger charge is 2.26. The van der Waals surface area contributed by atoms with Crippen LogP contribution in [0.1, 0.15) is 22.6 Å². The second-order valence-corrected chi connectivity index (χ2v) is 6.34. The molecule has 0 unspecified atom stereocenters. The number of rotatable bonds is 5. The first kappa shape index (κ1) is 15.7. The molecule has 0 fully saturated rings. The van der Waals surface area contributed by atoms with Gasteiger partial charge < -0.3 is 9.52 Å². The molecule has 0 aliphatic heterocycles. The standard InChI is InChI=1S/C14H16FNO4S/c1-9-13(8-17)14(10(2)20-9)21(18,19)16-7-11-3-5-12(15)6-4-11/h3-6,16-17H,7-8H2,1-2H3. The Morgan fingerprint density at radius 3 is 2.38 bits per heavy atom. The van der Waals surface area contributed by atoms with E-state index in [1.165, 1.54) is 31.2 Å². The third kappa shape index (κ3) is 3.31. The van der Waals surface area contributed by atoms with E-state index in [1.807, 2.05) is 0 Å². The summed E-state index contributed by atoms with van der Waals surface area (Å²) in [5, 5.41) is 9.30. The summed E-state index contributed by atoms with van der Waals surface area (Å²) in [6.07, 6.45) is 0. The quantitative estimate of drug-likeness (QED) is 0.885. The second kappa shape index (κ2) is 5.97. The molecule has 0 saturated heterocycles. The number of aliphatic hydroxyl groups excluding tert-OH is 1. The van der Waals surface area contributed by atoms with Gasteiger partial charge in [-0.1, -0.05) is 12.1 Å². The lowest BCUT2D eigenvalue weighted by Gasteiger charge is -2.07. The third-order valence-electron chi connectivity index (χ3n) is 3.13. The lowest BCUT2D eigenvalue weighted by atomic mass is 10.2. The van der Waals surface area contributed by atoms with Crippen molar-refractivity contribution in [1.82, 2.24) is 4.72 Å². The Morgan fingerprint density at radius 1 is 1.19 bits per heavy atom. The van der Waals surface area contributed by atoms with Gasteiger partial charge in [0.1, 0.15) is 22.2 Å². The fraction of sp³-hybridized carbons (Fsp3) is 0.286. The van der Waals surface area contributed by atoms with Crippen molar-refractivity contribution in [3.05, 3.63) is 52.7 Å². The SMILES string of the molecule is Cc1oc(C)c(S(=O)(=O)NCc2ccc(F)cc2)c1CO. The summed E-state index contributed by atoms with van der Waals surface area (Å²) >= 11 is 0. The van der Waals surface area contributed by atoms with Gasteiger partial charge in [0.25, 0.3) is 0 Å². The predicted molar refractivity (Wildman–Crippen MR) is 74.5 cm³/mol. The molecule has 1 aromatic heterocycles. The van der Waals surface area contributed by atoms with Gasteiger partial charge in [-0.05, 0) is 31.5 Å². The molecule has 0 atom stereocenters. The van der Waals surface area contributed by atoms with Crippen molar-refractivity contribution < 1.29 is 22.3 Å². The van der Waals surface area contributed by atoms with Crippen LogP contribution in [0.15, 0.2) is 33.6 Å². The number of aryl methyl sites for hydroxylation is 2. The van der Waals surface area contributed by atoms with E-state index in [0.717, 1.165) is 0 Å². The molecule has 0 aliphatic carbocycles. The number of halogens is 1. The van der Waals surface area contributed by atoms with E-state index in [9.17, 15) is 17.9 Å². The number of hydrogen-bond acceptors (Lipinski definition) is 4. The summed E-state index contributed by atoms with van der Waals surface area (Å²) in [5.74, 6) is 0.214. The van der Waals surface area contributed by atoms with Crippen LogP contribution in [0.5, 0.6) is 0 Å². The van der Waals surface area contributed by atoms with Crippen LogP contribution in [0.3, 0.4) is 0 Å². The summed E-state index contributed by atoms with van der Waals surface area (Å²) < 4.78 is 45.1. The zero-order chi connectivity index (χ0) is 15.6. The Balaban J connectivity index is 2.25. The van der Waals surface area contributed by atoms with E-state index in [1.54, 1.807) is 6.92 Å². The number of furan rings is 1. The minimum absolute atomic E-state index is 0.0249. The normalized spacial score (nSPS) is 11.8. The van der Waals surface area contributed by atoms with Gasteiger partial charge in [-0.25, -0.2) is 17.5 Å². The molecule has 1 aromatic carbocycles. The Kier molecular flexibility index (Phi) is 4.46. The van der Waals surface area contributed by atoms with Gasteiger partial charge in [-0.15, -0.1) is 0 Å². The highest BCUT2D eigenvalue weighted by molar-refractivity contribution is 7.89. The molecule has 0 amide bonds. The van der Waals surface area contributed by atoms with Crippen molar-refractivity contribution >= 4 is 10.0 Å². The van der Waals surface area contributed by atoms with Crippen LogP contribution in [-0.4, -0.2) is 13.5 Å². The van der Waals surface area contributed by atoms with E-state index in [-0.39, 0.29) is 28.6 Å². The van der Waals surface area contributed by atoms with Crippen molar-refractivity contribution in [2.75, 3.05) is 0 Å². The summed E-state index contributed by atoms with van der Waals surface area (Å²) in [6.45, 7) is 2.73. The fourth-order valence-corrected chi connectivity index (χ4v) is 3.55. The predicted octanol–water partition coefficient (Wildman–Crippen LogP) is 2.01. The molecule has 2 N–H and O–H groups in total. The molecule has 2 aromatic rings. The molecule has 0 saturated carbocycles. The first-order valence-electron chi connectivity index (χ1n) is 6.29. The van der Waals surface area contributed by atoms with Gasteiger partial charge in [-0.3, -0.25) is 0 Å². The fourth-order valence-electron chi connectivity index (χ4n) is 2.10. The van der Waals surface area contributed by atoms with Crippen LogP contribution < -0.4 is 4.72 Å². The van der Waals surface area contributed by atoms with Crippen LogP contribution in [0.25, 0.3) is 0 Å². The minimum atomic E-state index is -3.82. The molecule has 0 spiro atoms. The van der Waals surface area contributed by atoms with E-state index in [0.29, 0.717) is 11.3 Å². The second-order valence-electron chi connectivity index (χ2n) is 4.63. The molecule has 5 nitrogen and oxygen atoms in total. The monoisotopic (exact) mass is 313 g/mol. The number of nitrogens with one attached hydrogen (secondary N) is 1. The molecule has 21 heavy (non-hydrogen) atoms. The van der Waals surface area contributed by atoms with Crippen LogP contribution in [0.2, 0.25) is 0 Å². The zero-order valence-electron chi connectivity index (χ0n) is 11.7.